The summed E-state index contributed by atoms with van der Waals surface area (Å²) >= 11 is 5.56. The van der Waals surface area contributed by atoms with E-state index in [0.717, 1.165) is 6.07 Å². The number of rotatable bonds is 0. The lowest BCUT2D eigenvalue weighted by atomic mass is 10.2. The van der Waals surface area contributed by atoms with E-state index in [1.54, 1.807) is 6.07 Å². The van der Waals surface area contributed by atoms with Gasteiger partial charge in [0.25, 0.3) is 0 Å². The van der Waals surface area contributed by atoms with Crippen molar-refractivity contribution in [2.75, 3.05) is 0 Å². The van der Waals surface area contributed by atoms with Crippen LogP contribution in [0.15, 0.2) is 24.4 Å². The molecular weight excluding hydrogens is 193 g/mol. The highest BCUT2D eigenvalue weighted by Crippen LogP contribution is 2.32. The average molecular weight is 198 g/mol. The largest absolute Gasteiger partial charge is 0.504 e. The second-order valence-corrected chi connectivity index (χ2v) is 3.00. The molecule has 0 bridgehead atoms. The molecule has 0 atom stereocenters. The summed E-state index contributed by atoms with van der Waals surface area (Å²) in [6.45, 7) is 0. The second-order valence-electron chi connectivity index (χ2n) is 2.59. The van der Waals surface area contributed by atoms with E-state index in [1.165, 1.54) is 12.3 Å². The molecule has 13 heavy (non-hydrogen) atoms. The normalized spacial score (nSPS) is 10.6. The number of fused-ring (bicyclic) bond motifs is 1. The Kier molecular flexibility index (Phi) is 1.81. The van der Waals surface area contributed by atoms with Crippen LogP contribution in [0.3, 0.4) is 0 Å². The third-order valence-electron chi connectivity index (χ3n) is 1.77. The van der Waals surface area contributed by atoms with Crippen molar-refractivity contribution < 1.29 is 9.50 Å². The van der Waals surface area contributed by atoms with Crippen LogP contribution >= 0.6 is 11.6 Å². The summed E-state index contributed by atoms with van der Waals surface area (Å²) in [5.74, 6) is -0.662. The van der Waals surface area contributed by atoms with E-state index in [9.17, 15) is 9.50 Å². The molecule has 0 aliphatic heterocycles. The number of aromatic nitrogens is 1. The molecule has 0 unspecified atom stereocenters. The SMILES string of the molecule is Oc1c(Cl)cc(F)c2cccnc12. The Morgan fingerprint density at radius 2 is 2.23 bits per heavy atom. The van der Waals surface area contributed by atoms with Crippen LogP contribution in [0.4, 0.5) is 4.39 Å². The molecule has 2 rings (SSSR count). The van der Waals surface area contributed by atoms with Gasteiger partial charge in [0.05, 0.1) is 5.02 Å². The van der Waals surface area contributed by atoms with Crippen LogP contribution in [0, 0.1) is 5.82 Å². The van der Waals surface area contributed by atoms with Crippen LogP contribution in [0.1, 0.15) is 0 Å². The molecule has 0 radical (unpaired) electrons. The van der Waals surface area contributed by atoms with Crippen molar-refractivity contribution in [1.29, 1.82) is 0 Å². The molecular formula is C9H5ClFNO. The summed E-state index contributed by atoms with van der Waals surface area (Å²) < 4.78 is 13.2. The Labute approximate surface area is 78.6 Å². The first kappa shape index (κ1) is 8.26. The van der Waals surface area contributed by atoms with Gasteiger partial charge in [0.1, 0.15) is 11.3 Å². The van der Waals surface area contributed by atoms with E-state index >= 15 is 0 Å². The van der Waals surface area contributed by atoms with Crippen molar-refractivity contribution in [3.8, 4) is 5.75 Å². The summed E-state index contributed by atoms with van der Waals surface area (Å²) in [7, 11) is 0. The Balaban J connectivity index is 2.97. The number of phenolic OH excluding ortho intramolecular Hbond substituents is 1. The van der Waals surface area contributed by atoms with Crippen molar-refractivity contribution >= 4 is 22.5 Å². The van der Waals surface area contributed by atoms with Crippen LogP contribution < -0.4 is 0 Å². The molecule has 0 saturated carbocycles. The number of phenols is 1. The first-order valence-corrected chi connectivity index (χ1v) is 3.99. The van der Waals surface area contributed by atoms with Gasteiger partial charge in [-0.15, -0.1) is 0 Å². The minimum Gasteiger partial charge on any atom is -0.504 e. The van der Waals surface area contributed by atoms with E-state index in [-0.39, 0.29) is 21.7 Å². The maximum atomic E-state index is 13.2. The van der Waals surface area contributed by atoms with Gasteiger partial charge < -0.3 is 5.11 Å². The quantitative estimate of drug-likeness (QED) is 0.705. The van der Waals surface area contributed by atoms with Gasteiger partial charge in [-0.2, -0.15) is 0 Å². The highest BCUT2D eigenvalue weighted by Gasteiger charge is 2.09. The molecule has 0 spiro atoms. The molecule has 0 aliphatic rings. The van der Waals surface area contributed by atoms with E-state index < -0.39 is 5.82 Å². The maximum Gasteiger partial charge on any atom is 0.160 e. The van der Waals surface area contributed by atoms with Gasteiger partial charge >= 0.3 is 0 Å². The fourth-order valence-electron chi connectivity index (χ4n) is 1.16. The summed E-state index contributed by atoms with van der Waals surface area (Å²) in [5, 5.41) is 9.67. The molecule has 2 aromatic rings. The zero-order valence-electron chi connectivity index (χ0n) is 6.46. The van der Waals surface area contributed by atoms with Gasteiger partial charge in [0.2, 0.25) is 0 Å². The van der Waals surface area contributed by atoms with Gasteiger partial charge in [-0.1, -0.05) is 11.6 Å². The predicted molar refractivity (Wildman–Crippen MR) is 48.4 cm³/mol. The molecule has 1 heterocycles. The van der Waals surface area contributed by atoms with Crippen molar-refractivity contribution in [3.05, 3.63) is 35.2 Å². The Hall–Kier alpha value is -1.35. The number of benzene rings is 1. The van der Waals surface area contributed by atoms with Crippen molar-refractivity contribution in [3.63, 3.8) is 0 Å². The lowest BCUT2D eigenvalue weighted by molar-refractivity contribution is 0.479. The second kappa shape index (κ2) is 2.85. The molecule has 0 fully saturated rings. The third kappa shape index (κ3) is 1.21. The molecule has 1 N–H and O–H groups in total. The van der Waals surface area contributed by atoms with E-state index in [2.05, 4.69) is 4.98 Å². The zero-order chi connectivity index (χ0) is 9.42. The number of hydrogen-bond donors (Lipinski definition) is 1. The lowest BCUT2D eigenvalue weighted by Crippen LogP contribution is -1.84. The number of aromatic hydroxyl groups is 1. The minimum atomic E-state index is -0.481. The van der Waals surface area contributed by atoms with Gasteiger partial charge in [-0.25, -0.2) is 4.39 Å². The number of pyridine rings is 1. The molecule has 0 aliphatic carbocycles. The lowest BCUT2D eigenvalue weighted by Gasteiger charge is -2.02. The number of halogens is 2. The highest BCUT2D eigenvalue weighted by atomic mass is 35.5. The average Bonchev–Trinajstić information content (AvgIpc) is 2.15. The van der Waals surface area contributed by atoms with Crippen LogP contribution in [0.25, 0.3) is 10.9 Å². The predicted octanol–water partition coefficient (Wildman–Crippen LogP) is 2.73. The minimum absolute atomic E-state index is 0.0244. The molecule has 4 heteroatoms. The van der Waals surface area contributed by atoms with Crippen molar-refractivity contribution in [1.82, 2.24) is 4.98 Å². The van der Waals surface area contributed by atoms with Crippen LogP contribution in [0.5, 0.6) is 5.75 Å². The number of hydrogen-bond acceptors (Lipinski definition) is 2. The van der Waals surface area contributed by atoms with Gasteiger partial charge in [0, 0.05) is 11.6 Å². The molecule has 0 amide bonds. The van der Waals surface area contributed by atoms with Crippen molar-refractivity contribution in [2.45, 2.75) is 0 Å². The molecule has 66 valence electrons. The van der Waals surface area contributed by atoms with Gasteiger partial charge in [-0.3, -0.25) is 4.98 Å². The molecule has 2 nitrogen and oxygen atoms in total. The zero-order valence-corrected chi connectivity index (χ0v) is 7.22. The fourth-order valence-corrected chi connectivity index (χ4v) is 1.34. The fraction of sp³-hybridized carbons (Fsp3) is 0. The van der Waals surface area contributed by atoms with Crippen LogP contribution in [-0.2, 0) is 0 Å². The highest BCUT2D eigenvalue weighted by molar-refractivity contribution is 6.33. The summed E-state index contributed by atoms with van der Waals surface area (Å²) in [6, 6.07) is 4.20. The molecule has 1 aromatic heterocycles. The summed E-state index contributed by atoms with van der Waals surface area (Å²) in [6.07, 6.45) is 1.47. The van der Waals surface area contributed by atoms with E-state index in [0.29, 0.717) is 0 Å². The Morgan fingerprint density at radius 1 is 1.46 bits per heavy atom. The standard InChI is InChI=1S/C9H5ClFNO/c10-6-4-7(11)5-2-1-3-12-8(5)9(6)13/h1-4,13H. The number of nitrogens with zero attached hydrogens (tertiary/aromatic N) is 1. The summed E-state index contributed by atoms with van der Waals surface area (Å²) in [4.78, 5) is 3.83. The Bertz CT molecular complexity index is 472. The smallest absolute Gasteiger partial charge is 0.160 e. The Morgan fingerprint density at radius 3 is 3.00 bits per heavy atom. The monoisotopic (exact) mass is 197 g/mol. The molecule has 0 saturated heterocycles. The maximum absolute atomic E-state index is 13.2. The van der Waals surface area contributed by atoms with Crippen molar-refractivity contribution in [2.24, 2.45) is 0 Å². The first-order chi connectivity index (χ1) is 6.20. The third-order valence-corrected chi connectivity index (χ3v) is 2.06. The molecule has 1 aromatic carbocycles. The summed E-state index contributed by atoms with van der Waals surface area (Å²) in [5.41, 5.74) is 0.188. The van der Waals surface area contributed by atoms with Crippen LogP contribution in [0.2, 0.25) is 5.02 Å². The van der Waals surface area contributed by atoms with Crippen LogP contribution in [-0.4, -0.2) is 10.1 Å². The topological polar surface area (TPSA) is 33.1 Å². The van der Waals surface area contributed by atoms with Gasteiger partial charge in [-0.05, 0) is 18.2 Å². The first-order valence-electron chi connectivity index (χ1n) is 3.62. The van der Waals surface area contributed by atoms with Gasteiger partial charge in [0.15, 0.2) is 5.75 Å². The van der Waals surface area contributed by atoms with E-state index in [4.69, 9.17) is 11.6 Å². The van der Waals surface area contributed by atoms with E-state index in [1.807, 2.05) is 0 Å².